The van der Waals surface area contributed by atoms with E-state index in [1.165, 1.54) is 61.1 Å². The van der Waals surface area contributed by atoms with E-state index in [0.29, 0.717) is 0 Å². The van der Waals surface area contributed by atoms with Crippen LogP contribution in [0.2, 0.25) is 0 Å². The molecule has 4 heteroatoms. The Labute approximate surface area is 136 Å². The Balaban J connectivity index is 1.71. The molecule has 1 spiro atoms. The molecule has 2 nitrogen and oxygen atoms in total. The minimum Gasteiger partial charge on any atom is -0.354 e. The van der Waals surface area contributed by atoms with Gasteiger partial charge in [-0.25, -0.2) is 0 Å². The van der Waals surface area contributed by atoms with Crippen molar-refractivity contribution in [3.05, 3.63) is 16.0 Å². The molecule has 1 fully saturated rings. The highest BCUT2D eigenvalue weighted by Gasteiger charge is 2.41. The summed E-state index contributed by atoms with van der Waals surface area (Å²) in [6.45, 7) is 4.73. The first-order valence-corrected chi connectivity index (χ1v) is 9.54. The molecule has 1 aliphatic heterocycles. The zero-order chi connectivity index (χ0) is 14.6. The number of nitrogens with one attached hydrogen (secondary N) is 2. The summed E-state index contributed by atoms with van der Waals surface area (Å²) in [4.78, 5) is 2.58. The third kappa shape index (κ3) is 2.31. The lowest BCUT2D eigenvalue weighted by atomic mass is 9.80. The van der Waals surface area contributed by atoms with Crippen molar-refractivity contribution < 1.29 is 0 Å². The van der Waals surface area contributed by atoms with Crippen molar-refractivity contribution in [3.63, 3.8) is 0 Å². The van der Waals surface area contributed by atoms with Gasteiger partial charge in [-0.05, 0) is 55.9 Å². The van der Waals surface area contributed by atoms with E-state index < -0.39 is 0 Å². The van der Waals surface area contributed by atoms with E-state index in [0.717, 1.165) is 16.8 Å². The second-order valence-electron chi connectivity index (χ2n) is 7.42. The lowest BCUT2D eigenvalue weighted by molar-refractivity contribution is 0.241. The van der Waals surface area contributed by atoms with Crippen LogP contribution in [0.25, 0.3) is 0 Å². The van der Waals surface area contributed by atoms with Crippen LogP contribution in [0.1, 0.15) is 62.0 Å². The van der Waals surface area contributed by atoms with E-state index in [-0.39, 0.29) is 5.66 Å². The van der Waals surface area contributed by atoms with Crippen LogP contribution in [-0.2, 0) is 12.8 Å². The molecule has 0 unspecified atom stereocenters. The van der Waals surface area contributed by atoms with Gasteiger partial charge in [0.15, 0.2) is 0 Å². The van der Waals surface area contributed by atoms with Crippen LogP contribution in [0.15, 0.2) is 0 Å². The number of hydrogen-bond acceptors (Lipinski definition) is 3. The highest BCUT2D eigenvalue weighted by atomic mass is 32.1. The van der Waals surface area contributed by atoms with Gasteiger partial charge in [0.1, 0.15) is 15.7 Å². The predicted molar refractivity (Wildman–Crippen MR) is 94.3 cm³/mol. The molecule has 2 aliphatic carbocycles. The maximum absolute atomic E-state index is 5.79. The first kappa shape index (κ1) is 14.0. The number of aryl methyl sites for hydroxylation is 1. The third-order valence-electron chi connectivity index (χ3n) is 5.44. The maximum atomic E-state index is 5.79. The molecule has 0 radical (unpaired) electrons. The van der Waals surface area contributed by atoms with Gasteiger partial charge in [-0.3, -0.25) is 0 Å². The van der Waals surface area contributed by atoms with Crippen molar-refractivity contribution in [2.45, 2.75) is 64.5 Å². The molecule has 3 aliphatic rings. The van der Waals surface area contributed by atoms with Gasteiger partial charge in [0.05, 0.1) is 0 Å². The van der Waals surface area contributed by atoms with E-state index in [2.05, 4.69) is 24.5 Å². The lowest BCUT2D eigenvalue weighted by Crippen LogP contribution is -2.59. The Kier molecular flexibility index (Phi) is 3.30. The van der Waals surface area contributed by atoms with E-state index in [1.807, 2.05) is 11.3 Å². The Morgan fingerprint density at radius 2 is 2.05 bits per heavy atom. The normalized spacial score (nSPS) is 34.9. The van der Waals surface area contributed by atoms with Gasteiger partial charge >= 0.3 is 0 Å². The van der Waals surface area contributed by atoms with Crippen LogP contribution in [0.4, 0.5) is 5.00 Å². The van der Waals surface area contributed by atoms with E-state index in [9.17, 15) is 0 Å². The van der Waals surface area contributed by atoms with Crippen LogP contribution in [0.3, 0.4) is 0 Å². The molecule has 2 heterocycles. The Morgan fingerprint density at radius 1 is 1.19 bits per heavy atom. The Morgan fingerprint density at radius 3 is 2.86 bits per heavy atom. The highest BCUT2D eigenvalue weighted by molar-refractivity contribution is 7.80. The maximum Gasteiger partial charge on any atom is 0.111 e. The van der Waals surface area contributed by atoms with Crippen molar-refractivity contribution in [1.29, 1.82) is 0 Å². The van der Waals surface area contributed by atoms with Crippen molar-refractivity contribution in [2.24, 2.45) is 11.8 Å². The van der Waals surface area contributed by atoms with Gasteiger partial charge in [0.2, 0.25) is 0 Å². The predicted octanol–water partition coefficient (Wildman–Crippen LogP) is 4.47. The Hall–Kier alpha value is -0.610. The van der Waals surface area contributed by atoms with Crippen molar-refractivity contribution in [2.75, 3.05) is 5.32 Å². The molecule has 0 aromatic carbocycles. The summed E-state index contributed by atoms with van der Waals surface area (Å²) in [5.74, 6) is 1.57. The van der Waals surface area contributed by atoms with Gasteiger partial charge < -0.3 is 10.6 Å². The molecule has 0 amide bonds. The number of fused-ring (bicyclic) bond motifs is 3. The largest absolute Gasteiger partial charge is 0.354 e. The number of thiocarbonyl (C=S) groups is 1. The summed E-state index contributed by atoms with van der Waals surface area (Å²) < 4.78 is 0. The molecular weight excluding hydrogens is 296 g/mol. The minimum atomic E-state index is 0.0286. The van der Waals surface area contributed by atoms with Crippen molar-refractivity contribution in [3.8, 4) is 0 Å². The van der Waals surface area contributed by atoms with Crippen LogP contribution < -0.4 is 10.6 Å². The smallest absolute Gasteiger partial charge is 0.111 e. The summed E-state index contributed by atoms with van der Waals surface area (Å²) in [6.07, 6.45) is 8.79. The second kappa shape index (κ2) is 4.95. The average Bonchev–Trinajstić information content (AvgIpc) is 2.75. The standard InChI is InChI=1S/C17H24N2S2/c1-10-5-6-13-12(8-10)14-15(20)18-17(19-16(14)21-13)7-3-4-11(2)9-17/h10-11,19H,3-9H2,1-2H3,(H,18,20)/t10-,11-,17+/m1/s1. The zero-order valence-electron chi connectivity index (χ0n) is 12.9. The molecule has 0 bridgehead atoms. The molecule has 1 aromatic rings. The molecule has 21 heavy (non-hydrogen) atoms. The molecule has 4 rings (SSSR count). The summed E-state index contributed by atoms with van der Waals surface area (Å²) in [6, 6.07) is 0. The summed E-state index contributed by atoms with van der Waals surface area (Å²) in [5.41, 5.74) is 2.90. The van der Waals surface area contributed by atoms with Gasteiger partial charge in [-0.2, -0.15) is 0 Å². The fourth-order valence-electron chi connectivity index (χ4n) is 4.39. The number of thiophene rings is 1. The number of hydrogen-bond donors (Lipinski definition) is 2. The fraction of sp³-hybridized carbons (Fsp3) is 0.706. The quantitative estimate of drug-likeness (QED) is 0.690. The van der Waals surface area contributed by atoms with E-state index in [1.54, 1.807) is 4.88 Å². The van der Waals surface area contributed by atoms with Gasteiger partial charge in [0, 0.05) is 10.4 Å². The van der Waals surface area contributed by atoms with Crippen LogP contribution in [0, 0.1) is 11.8 Å². The van der Waals surface area contributed by atoms with Crippen LogP contribution in [0.5, 0.6) is 0 Å². The lowest BCUT2D eigenvalue weighted by Gasteiger charge is -2.45. The first-order chi connectivity index (χ1) is 10.1. The molecule has 3 atom stereocenters. The Bertz CT molecular complexity index is 592. The fourth-order valence-corrected chi connectivity index (χ4v) is 6.23. The van der Waals surface area contributed by atoms with Crippen molar-refractivity contribution >= 4 is 33.5 Å². The van der Waals surface area contributed by atoms with Crippen LogP contribution in [-0.4, -0.2) is 10.7 Å². The van der Waals surface area contributed by atoms with Gasteiger partial charge in [-0.1, -0.05) is 32.5 Å². The molecule has 1 saturated carbocycles. The summed E-state index contributed by atoms with van der Waals surface area (Å²) >= 11 is 7.76. The number of anilines is 1. The van der Waals surface area contributed by atoms with Gasteiger partial charge in [-0.15, -0.1) is 11.3 Å². The number of rotatable bonds is 0. The first-order valence-electron chi connectivity index (χ1n) is 8.31. The van der Waals surface area contributed by atoms with Gasteiger partial charge in [0.25, 0.3) is 0 Å². The third-order valence-corrected chi connectivity index (χ3v) is 6.95. The van der Waals surface area contributed by atoms with E-state index >= 15 is 0 Å². The molecular formula is C17H24N2S2. The van der Waals surface area contributed by atoms with E-state index in [4.69, 9.17) is 12.2 Å². The SMILES string of the molecule is C[C@@H]1CCc2sc3c(c2C1)C(=S)N[C@@]1(CCC[C@@H](C)C1)N3. The molecule has 0 saturated heterocycles. The monoisotopic (exact) mass is 320 g/mol. The van der Waals surface area contributed by atoms with Crippen molar-refractivity contribution in [1.82, 2.24) is 5.32 Å². The topological polar surface area (TPSA) is 24.1 Å². The highest BCUT2D eigenvalue weighted by Crippen LogP contribution is 2.45. The molecule has 2 N–H and O–H groups in total. The molecule has 114 valence electrons. The second-order valence-corrected chi connectivity index (χ2v) is 8.93. The van der Waals surface area contributed by atoms with Crippen LogP contribution >= 0.6 is 23.6 Å². The molecule has 1 aromatic heterocycles. The summed E-state index contributed by atoms with van der Waals surface area (Å²) in [7, 11) is 0. The minimum absolute atomic E-state index is 0.0286. The summed E-state index contributed by atoms with van der Waals surface area (Å²) in [5, 5.41) is 8.92. The average molecular weight is 321 g/mol. The zero-order valence-corrected chi connectivity index (χ0v) is 14.6.